The molecule has 1 N–H and O–H groups in total. The summed E-state index contributed by atoms with van der Waals surface area (Å²) in [6.07, 6.45) is 0.709. The zero-order valence-corrected chi connectivity index (χ0v) is 11.9. The molecule has 0 saturated carbocycles. The van der Waals surface area contributed by atoms with Crippen molar-refractivity contribution in [1.29, 1.82) is 0 Å². The second-order valence-electron chi connectivity index (χ2n) is 4.68. The van der Waals surface area contributed by atoms with E-state index < -0.39 is 15.8 Å². The van der Waals surface area contributed by atoms with E-state index in [1.165, 1.54) is 19.2 Å². The van der Waals surface area contributed by atoms with Crippen LogP contribution >= 0.6 is 0 Å². The molecule has 0 spiro atoms. The molecule has 0 bridgehead atoms. The maximum atomic E-state index is 12.3. The van der Waals surface area contributed by atoms with Gasteiger partial charge in [0, 0.05) is 6.61 Å². The highest BCUT2D eigenvalue weighted by Gasteiger charge is 2.26. The number of esters is 1. The quantitative estimate of drug-likeness (QED) is 0.834. The van der Waals surface area contributed by atoms with Crippen molar-refractivity contribution in [3.8, 4) is 5.75 Å². The molecule has 1 fully saturated rings. The molecule has 1 aliphatic rings. The minimum absolute atomic E-state index is 0.00241. The molecule has 0 radical (unpaired) electrons. The Labute approximate surface area is 117 Å². The lowest BCUT2D eigenvalue weighted by Crippen LogP contribution is -2.17. The predicted octanol–water partition coefficient (Wildman–Crippen LogP) is 0.989. The van der Waals surface area contributed by atoms with E-state index in [4.69, 9.17) is 4.74 Å². The van der Waals surface area contributed by atoms with Crippen LogP contribution in [0.15, 0.2) is 23.1 Å². The summed E-state index contributed by atoms with van der Waals surface area (Å²) >= 11 is 0. The summed E-state index contributed by atoms with van der Waals surface area (Å²) in [5.74, 6) is -1.14. The third kappa shape index (κ3) is 3.10. The number of sulfone groups is 1. The van der Waals surface area contributed by atoms with Crippen LogP contribution in [-0.4, -0.2) is 45.6 Å². The van der Waals surface area contributed by atoms with Crippen molar-refractivity contribution in [2.75, 3.05) is 26.1 Å². The first kappa shape index (κ1) is 14.8. The fourth-order valence-electron chi connectivity index (χ4n) is 2.10. The van der Waals surface area contributed by atoms with E-state index in [1.54, 1.807) is 0 Å². The molecule has 1 aromatic carbocycles. The van der Waals surface area contributed by atoms with E-state index >= 15 is 0 Å². The van der Waals surface area contributed by atoms with Gasteiger partial charge in [0.2, 0.25) is 0 Å². The first-order chi connectivity index (χ1) is 9.44. The van der Waals surface area contributed by atoms with Crippen LogP contribution in [-0.2, 0) is 19.3 Å². The van der Waals surface area contributed by atoms with Crippen LogP contribution in [0.2, 0.25) is 0 Å². The summed E-state index contributed by atoms with van der Waals surface area (Å²) in [6.45, 7) is 1.00. The molecule has 110 valence electrons. The van der Waals surface area contributed by atoms with Crippen LogP contribution in [0.1, 0.15) is 16.8 Å². The van der Waals surface area contributed by atoms with Crippen molar-refractivity contribution in [3.05, 3.63) is 23.8 Å². The molecule has 0 unspecified atom stereocenters. The fourth-order valence-corrected chi connectivity index (χ4v) is 3.75. The number of carbonyl (C=O) groups is 1. The number of aromatic hydroxyl groups is 1. The van der Waals surface area contributed by atoms with Gasteiger partial charge in [0.15, 0.2) is 9.84 Å². The standard InChI is InChI=1S/C13H16O6S/c1-18-13(15)11-6-10(2-3-12(11)14)20(16,17)8-9-4-5-19-7-9/h2-3,6,9,14H,4-5,7-8H2,1H3/t9-/m0/s1. The van der Waals surface area contributed by atoms with Gasteiger partial charge >= 0.3 is 5.97 Å². The second-order valence-corrected chi connectivity index (χ2v) is 6.72. The smallest absolute Gasteiger partial charge is 0.341 e. The lowest BCUT2D eigenvalue weighted by molar-refractivity contribution is 0.0597. The lowest BCUT2D eigenvalue weighted by atomic mass is 10.2. The van der Waals surface area contributed by atoms with Gasteiger partial charge in [-0.25, -0.2) is 13.2 Å². The Kier molecular flexibility index (Phi) is 4.29. The first-order valence-corrected chi connectivity index (χ1v) is 7.81. The Morgan fingerprint density at radius 3 is 2.85 bits per heavy atom. The van der Waals surface area contributed by atoms with Gasteiger partial charge < -0.3 is 14.6 Å². The number of phenolic OH excluding ortho intramolecular Hbond substituents is 1. The zero-order valence-electron chi connectivity index (χ0n) is 11.0. The van der Waals surface area contributed by atoms with Crippen LogP contribution in [0.5, 0.6) is 5.75 Å². The largest absolute Gasteiger partial charge is 0.507 e. The molecule has 1 saturated heterocycles. The molecule has 0 amide bonds. The average molecular weight is 300 g/mol. The third-order valence-electron chi connectivity index (χ3n) is 3.21. The van der Waals surface area contributed by atoms with E-state index in [9.17, 15) is 18.3 Å². The first-order valence-electron chi connectivity index (χ1n) is 6.16. The molecule has 1 aromatic rings. The number of ether oxygens (including phenoxy) is 2. The number of methoxy groups -OCH3 is 1. The van der Waals surface area contributed by atoms with Gasteiger partial charge in [0.05, 0.1) is 24.4 Å². The van der Waals surface area contributed by atoms with Gasteiger partial charge in [-0.3, -0.25) is 0 Å². The number of hydrogen-bond acceptors (Lipinski definition) is 6. The molecular weight excluding hydrogens is 284 g/mol. The van der Waals surface area contributed by atoms with Gasteiger partial charge in [0.25, 0.3) is 0 Å². The lowest BCUT2D eigenvalue weighted by Gasteiger charge is -2.10. The number of benzene rings is 1. The van der Waals surface area contributed by atoms with Crippen molar-refractivity contribution >= 4 is 15.8 Å². The molecule has 1 heterocycles. The maximum absolute atomic E-state index is 12.3. The highest BCUT2D eigenvalue weighted by molar-refractivity contribution is 7.91. The van der Waals surface area contributed by atoms with E-state index in [0.29, 0.717) is 19.6 Å². The molecule has 1 atom stereocenters. The maximum Gasteiger partial charge on any atom is 0.341 e. The summed E-state index contributed by atoms with van der Waals surface area (Å²) < 4.78 is 34.2. The highest BCUT2D eigenvalue weighted by atomic mass is 32.2. The highest BCUT2D eigenvalue weighted by Crippen LogP contribution is 2.25. The van der Waals surface area contributed by atoms with Crippen LogP contribution in [0.3, 0.4) is 0 Å². The van der Waals surface area contributed by atoms with Crippen LogP contribution in [0.25, 0.3) is 0 Å². The molecular formula is C13H16O6S. The van der Waals surface area contributed by atoms with Gasteiger partial charge in [-0.15, -0.1) is 0 Å². The number of rotatable bonds is 4. The van der Waals surface area contributed by atoms with Crippen molar-refractivity contribution in [2.45, 2.75) is 11.3 Å². The topological polar surface area (TPSA) is 89.9 Å². The molecule has 0 aliphatic carbocycles. The van der Waals surface area contributed by atoms with Crippen molar-refractivity contribution in [2.24, 2.45) is 5.92 Å². The summed E-state index contributed by atoms with van der Waals surface area (Å²) in [5.41, 5.74) is -0.156. The summed E-state index contributed by atoms with van der Waals surface area (Å²) in [6, 6.07) is 3.61. The Hall–Kier alpha value is -1.60. The Balaban J connectivity index is 2.29. The van der Waals surface area contributed by atoms with Gasteiger partial charge in [0.1, 0.15) is 11.3 Å². The van der Waals surface area contributed by atoms with Gasteiger partial charge in [-0.1, -0.05) is 0 Å². The normalized spacial score (nSPS) is 18.9. The minimum Gasteiger partial charge on any atom is -0.507 e. The van der Waals surface area contributed by atoms with Gasteiger partial charge in [-0.2, -0.15) is 0 Å². The molecule has 0 aromatic heterocycles. The van der Waals surface area contributed by atoms with Crippen molar-refractivity contribution in [1.82, 2.24) is 0 Å². The van der Waals surface area contributed by atoms with Crippen molar-refractivity contribution in [3.63, 3.8) is 0 Å². The monoisotopic (exact) mass is 300 g/mol. The van der Waals surface area contributed by atoms with E-state index in [2.05, 4.69) is 4.74 Å². The minimum atomic E-state index is -3.52. The fraction of sp³-hybridized carbons (Fsp3) is 0.462. The van der Waals surface area contributed by atoms with Crippen LogP contribution in [0, 0.1) is 5.92 Å². The average Bonchev–Trinajstić information content (AvgIpc) is 2.90. The van der Waals surface area contributed by atoms with Crippen LogP contribution in [0.4, 0.5) is 0 Å². The SMILES string of the molecule is COC(=O)c1cc(S(=O)(=O)C[C@H]2CCOC2)ccc1O. The van der Waals surface area contributed by atoms with Crippen LogP contribution < -0.4 is 0 Å². The summed E-state index contributed by atoms with van der Waals surface area (Å²) in [4.78, 5) is 11.5. The molecule has 7 heteroatoms. The number of phenols is 1. The predicted molar refractivity (Wildman–Crippen MR) is 70.4 cm³/mol. The zero-order chi connectivity index (χ0) is 14.8. The van der Waals surface area contributed by atoms with E-state index in [1.807, 2.05) is 0 Å². The Bertz CT molecular complexity index is 601. The summed E-state index contributed by atoms with van der Waals surface area (Å²) in [7, 11) is -2.36. The molecule has 20 heavy (non-hydrogen) atoms. The molecule has 6 nitrogen and oxygen atoms in total. The number of carbonyl (C=O) groups excluding carboxylic acids is 1. The second kappa shape index (κ2) is 5.80. The van der Waals surface area contributed by atoms with Gasteiger partial charge in [-0.05, 0) is 30.5 Å². The molecule has 1 aliphatic heterocycles. The summed E-state index contributed by atoms with van der Waals surface area (Å²) in [5, 5.41) is 9.57. The number of hydrogen-bond donors (Lipinski definition) is 1. The van der Waals surface area contributed by atoms with E-state index in [-0.39, 0.29) is 27.9 Å². The Morgan fingerprint density at radius 1 is 1.50 bits per heavy atom. The Morgan fingerprint density at radius 2 is 2.25 bits per heavy atom. The molecule has 2 rings (SSSR count). The third-order valence-corrected chi connectivity index (χ3v) is 5.09. The van der Waals surface area contributed by atoms with E-state index in [0.717, 1.165) is 6.07 Å². The van der Waals surface area contributed by atoms with Crippen molar-refractivity contribution < 1.29 is 27.8 Å².